The quantitative estimate of drug-likeness (QED) is 0.861. The van der Waals surface area contributed by atoms with E-state index in [-0.39, 0.29) is 10.6 Å². The molecule has 1 aromatic rings. The van der Waals surface area contributed by atoms with E-state index in [1.807, 2.05) is 0 Å². The first-order valence-electron chi connectivity index (χ1n) is 6.50. The van der Waals surface area contributed by atoms with Gasteiger partial charge in [-0.25, -0.2) is 12.7 Å². The van der Waals surface area contributed by atoms with Gasteiger partial charge < -0.3 is 10.5 Å². The highest BCUT2D eigenvalue weighted by Crippen LogP contribution is 2.25. The number of hydrogen-bond acceptors (Lipinski definition) is 4. The van der Waals surface area contributed by atoms with Gasteiger partial charge in [0.05, 0.1) is 15.6 Å². The van der Waals surface area contributed by atoms with E-state index in [9.17, 15) is 8.42 Å². The number of hydrogen-bond donors (Lipinski definition) is 1. The summed E-state index contributed by atoms with van der Waals surface area (Å²) in [7, 11) is -1.93. The third kappa shape index (κ3) is 3.44. The molecule has 1 aromatic carbocycles. The Balaban J connectivity index is 2.13. The van der Waals surface area contributed by atoms with Gasteiger partial charge in [-0.1, -0.05) is 11.6 Å². The van der Waals surface area contributed by atoms with E-state index >= 15 is 0 Å². The Kier molecular flexibility index (Phi) is 4.90. The number of nitrogen functional groups attached to an aromatic ring is 1. The maximum absolute atomic E-state index is 12.5. The van der Waals surface area contributed by atoms with Crippen LogP contribution in [0.2, 0.25) is 5.02 Å². The molecular formula is C13H19ClN2O3S. The third-order valence-corrected chi connectivity index (χ3v) is 5.70. The molecule has 0 amide bonds. The van der Waals surface area contributed by atoms with Crippen LogP contribution in [0.4, 0.5) is 5.69 Å². The van der Waals surface area contributed by atoms with E-state index in [1.54, 1.807) is 7.05 Å². The van der Waals surface area contributed by atoms with Crippen LogP contribution in [0.1, 0.15) is 12.8 Å². The topological polar surface area (TPSA) is 72.6 Å². The summed E-state index contributed by atoms with van der Waals surface area (Å²) in [4.78, 5) is 0.175. The van der Waals surface area contributed by atoms with Gasteiger partial charge in [-0.3, -0.25) is 0 Å². The zero-order valence-electron chi connectivity index (χ0n) is 11.4. The van der Waals surface area contributed by atoms with Crippen LogP contribution in [0.5, 0.6) is 0 Å². The summed E-state index contributed by atoms with van der Waals surface area (Å²) in [5, 5.41) is 0.357. The molecule has 1 aliphatic rings. The number of nitrogens with two attached hydrogens (primary N) is 1. The number of halogens is 1. The Bertz CT molecular complexity index is 571. The van der Waals surface area contributed by atoms with Gasteiger partial charge in [-0.15, -0.1) is 0 Å². The predicted octanol–water partition coefficient (Wildman–Crippen LogP) is 1.97. The van der Waals surface area contributed by atoms with Crippen LogP contribution in [-0.2, 0) is 14.8 Å². The molecule has 20 heavy (non-hydrogen) atoms. The molecule has 0 atom stereocenters. The lowest BCUT2D eigenvalue weighted by Crippen LogP contribution is -2.34. The maximum Gasteiger partial charge on any atom is 0.242 e. The average molecular weight is 319 g/mol. The van der Waals surface area contributed by atoms with Crippen molar-refractivity contribution in [3.05, 3.63) is 23.2 Å². The molecule has 0 aliphatic carbocycles. The molecule has 0 aromatic heterocycles. The molecule has 2 rings (SSSR count). The van der Waals surface area contributed by atoms with Crippen molar-refractivity contribution in [2.75, 3.05) is 32.5 Å². The molecule has 7 heteroatoms. The molecule has 1 aliphatic heterocycles. The number of benzene rings is 1. The van der Waals surface area contributed by atoms with E-state index in [2.05, 4.69) is 0 Å². The van der Waals surface area contributed by atoms with Crippen LogP contribution >= 0.6 is 11.6 Å². The highest BCUT2D eigenvalue weighted by Gasteiger charge is 2.25. The molecule has 0 bridgehead atoms. The van der Waals surface area contributed by atoms with E-state index < -0.39 is 10.0 Å². The molecular weight excluding hydrogens is 300 g/mol. The van der Waals surface area contributed by atoms with Gasteiger partial charge in [0, 0.05) is 26.8 Å². The molecule has 5 nitrogen and oxygen atoms in total. The van der Waals surface area contributed by atoms with Gasteiger partial charge in [0.1, 0.15) is 0 Å². The van der Waals surface area contributed by atoms with Gasteiger partial charge in [-0.2, -0.15) is 0 Å². The Morgan fingerprint density at radius 2 is 2.05 bits per heavy atom. The monoisotopic (exact) mass is 318 g/mol. The summed E-state index contributed by atoms with van der Waals surface area (Å²) >= 11 is 5.82. The minimum absolute atomic E-state index is 0.175. The summed E-state index contributed by atoms with van der Waals surface area (Å²) in [6.45, 7) is 1.90. The van der Waals surface area contributed by atoms with E-state index in [4.69, 9.17) is 22.1 Å². The van der Waals surface area contributed by atoms with Gasteiger partial charge in [0.15, 0.2) is 0 Å². The molecule has 0 spiro atoms. The first-order valence-corrected chi connectivity index (χ1v) is 8.32. The highest BCUT2D eigenvalue weighted by molar-refractivity contribution is 7.89. The average Bonchev–Trinajstić information content (AvgIpc) is 2.42. The standard InChI is InChI=1S/C13H19ClN2O3S/c1-16(9-10-4-6-19-7-5-10)20(17,18)11-2-3-12(14)13(15)8-11/h2-3,8,10H,4-7,9,15H2,1H3. The van der Waals surface area contributed by atoms with Crippen LogP contribution in [0.3, 0.4) is 0 Å². The van der Waals surface area contributed by atoms with Crippen molar-refractivity contribution >= 4 is 27.3 Å². The van der Waals surface area contributed by atoms with Crippen molar-refractivity contribution in [2.24, 2.45) is 5.92 Å². The molecule has 112 valence electrons. The third-order valence-electron chi connectivity index (χ3n) is 3.53. The number of ether oxygens (including phenoxy) is 1. The van der Waals surface area contributed by atoms with E-state index in [1.165, 1.54) is 22.5 Å². The fraction of sp³-hybridized carbons (Fsp3) is 0.538. The second-order valence-electron chi connectivity index (χ2n) is 5.02. The smallest absolute Gasteiger partial charge is 0.242 e. The molecule has 1 heterocycles. The van der Waals surface area contributed by atoms with Crippen LogP contribution in [0.25, 0.3) is 0 Å². The predicted molar refractivity (Wildman–Crippen MR) is 79.2 cm³/mol. The van der Waals surface area contributed by atoms with Crippen LogP contribution in [0, 0.1) is 5.92 Å². The second-order valence-corrected chi connectivity index (χ2v) is 7.48. The minimum Gasteiger partial charge on any atom is -0.397 e. The molecule has 1 saturated heterocycles. The Morgan fingerprint density at radius 3 is 2.65 bits per heavy atom. The minimum atomic E-state index is -3.52. The van der Waals surface area contributed by atoms with E-state index in [0.717, 1.165) is 12.8 Å². The fourth-order valence-corrected chi connectivity index (χ4v) is 3.65. The highest BCUT2D eigenvalue weighted by atomic mass is 35.5. The van der Waals surface area contributed by atoms with Gasteiger partial charge in [-0.05, 0) is 37.0 Å². The fourth-order valence-electron chi connectivity index (χ4n) is 2.25. The summed E-state index contributed by atoms with van der Waals surface area (Å²) in [5.74, 6) is 0.341. The van der Waals surface area contributed by atoms with Crippen molar-refractivity contribution in [3.63, 3.8) is 0 Å². The lowest BCUT2D eigenvalue weighted by Gasteiger charge is -2.26. The zero-order chi connectivity index (χ0) is 14.8. The molecule has 0 saturated carbocycles. The molecule has 0 radical (unpaired) electrons. The van der Waals surface area contributed by atoms with Gasteiger partial charge in [0.25, 0.3) is 0 Å². The lowest BCUT2D eigenvalue weighted by molar-refractivity contribution is 0.0620. The summed E-state index contributed by atoms with van der Waals surface area (Å²) < 4.78 is 31.6. The van der Waals surface area contributed by atoms with E-state index in [0.29, 0.717) is 30.7 Å². The van der Waals surface area contributed by atoms with Crippen LogP contribution in [-0.4, -0.2) is 39.5 Å². The summed E-state index contributed by atoms with van der Waals surface area (Å²) in [5.41, 5.74) is 5.94. The Hall–Kier alpha value is -0.820. The van der Waals surface area contributed by atoms with Crippen molar-refractivity contribution in [2.45, 2.75) is 17.7 Å². The molecule has 1 fully saturated rings. The summed E-state index contributed by atoms with van der Waals surface area (Å²) in [6, 6.07) is 4.39. The molecule has 2 N–H and O–H groups in total. The van der Waals surface area contributed by atoms with Crippen molar-refractivity contribution in [1.29, 1.82) is 0 Å². The van der Waals surface area contributed by atoms with Crippen molar-refractivity contribution < 1.29 is 13.2 Å². The Labute approximate surface area is 124 Å². The first-order chi connectivity index (χ1) is 9.41. The van der Waals surface area contributed by atoms with Crippen molar-refractivity contribution in [3.8, 4) is 0 Å². The summed E-state index contributed by atoms with van der Waals surface area (Å²) in [6.07, 6.45) is 1.78. The number of rotatable bonds is 4. The van der Waals surface area contributed by atoms with Crippen LogP contribution < -0.4 is 5.73 Å². The van der Waals surface area contributed by atoms with Crippen molar-refractivity contribution in [1.82, 2.24) is 4.31 Å². The van der Waals surface area contributed by atoms with Gasteiger partial charge in [0.2, 0.25) is 10.0 Å². The SMILES string of the molecule is CN(CC1CCOCC1)S(=O)(=O)c1ccc(Cl)c(N)c1. The normalized spacial score (nSPS) is 17.6. The largest absolute Gasteiger partial charge is 0.397 e. The number of nitrogens with zero attached hydrogens (tertiary/aromatic N) is 1. The zero-order valence-corrected chi connectivity index (χ0v) is 13.0. The van der Waals surface area contributed by atoms with Crippen LogP contribution in [0.15, 0.2) is 23.1 Å². The number of anilines is 1. The molecule has 0 unspecified atom stereocenters. The number of sulfonamides is 1. The second kappa shape index (κ2) is 6.30. The first kappa shape index (κ1) is 15.6. The maximum atomic E-state index is 12.5. The Morgan fingerprint density at radius 1 is 1.40 bits per heavy atom. The lowest BCUT2D eigenvalue weighted by atomic mass is 10.0. The van der Waals surface area contributed by atoms with Gasteiger partial charge >= 0.3 is 0 Å².